The third-order valence-electron chi connectivity index (χ3n) is 3.00. The second kappa shape index (κ2) is 5.16. The Morgan fingerprint density at radius 3 is 2.84 bits per heavy atom. The topological polar surface area (TPSA) is 63.7 Å². The Morgan fingerprint density at radius 2 is 2.21 bits per heavy atom. The Morgan fingerprint density at radius 1 is 1.47 bits per heavy atom. The third-order valence-corrected chi connectivity index (χ3v) is 3.87. The molecule has 1 aromatic carbocycles. The van der Waals surface area contributed by atoms with Crippen molar-refractivity contribution in [1.29, 1.82) is 0 Å². The highest BCUT2D eigenvalue weighted by Crippen LogP contribution is 2.28. The van der Waals surface area contributed by atoms with Gasteiger partial charge in [0, 0.05) is 30.6 Å². The lowest BCUT2D eigenvalue weighted by Crippen LogP contribution is -2.25. The molecule has 0 bridgehead atoms. The van der Waals surface area contributed by atoms with Crippen LogP contribution in [0.15, 0.2) is 24.3 Å². The van der Waals surface area contributed by atoms with Gasteiger partial charge in [0.05, 0.1) is 12.9 Å². The molecular formula is C12H14FNO4S. The van der Waals surface area contributed by atoms with Gasteiger partial charge in [-0.25, -0.2) is 0 Å². The van der Waals surface area contributed by atoms with Crippen LogP contribution in [-0.4, -0.2) is 33.7 Å². The quantitative estimate of drug-likeness (QED) is 0.784. The van der Waals surface area contributed by atoms with Crippen molar-refractivity contribution in [3.05, 3.63) is 24.3 Å². The molecule has 19 heavy (non-hydrogen) atoms. The summed E-state index contributed by atoms with van der Waals surface area (Å²) in [5, 5.41) is 0. The van der Waals surface area contributed by atoms with Crippen molar-refractivity contribution in [2.45, 2.75) is 6.42 Å². The minimum Gasteiger partial charge on any atom is -0.497 e. The summed E-state index contributed by atoms with van der Waals surface area (Å²) in [6, 6.07) is 6.89. The van der Waals surface area contributed by atoms with E-state index in [0.29, 0.717) is 11.4 Å². The number of methoxy groups -OCH3 is 1. The van der Waals surface area contributed by atoms with Crippen LogP contribution in [0.5, 0.6) is 5.75 Å². The van der Waals surface area contributed by atoms with Crippen molar-refractivity contribution in [3.8, 4) is 5.75 Å². The van der Waals surface area contributed by atoms with Gasteiger partial charge in [-0.3, -0.25) is 4.79 Å². The summed E-state index contributed by atoms with van der Waals surface area (Å²) in [7, 11) is -3.04. The van der Waals surface area contributed by atoms with Crippen LogP contribution in [0, 0.1) is 5.92 Å². The first-order chi connectivity index (χ1) is 8.89. The van der Waals surface area contributed by atoms with E-state index in [4.69, 9.17) is 4.74 Å². The number of ether oxygens (including phenoxy) is 1. The fourth-order valence-corrected chi connectivity index (χ4v) is 2.99. The summed E-state index contributed by atoms with van der Waals surface area (Å²) >= 11 is 0. The molecular weight excluding hydrogens is 273 g/mol. The zero-order chi connectivity index (χ0) is 14.0. The first kappa shape index (κ1) is 13.8. The maximum atomic E-state index is 12.6. The van der Waals surface area contributed by atoms with Crippen LogP contribution in [0.1, 0.15) is 6.42 Å². The van der Waals surface area contributed by atoms with E-state index in [1.807, 2.05) is 0 Å². The Balaban J connectivity index is 2.15. The second-order valence-electron chi connectivity index (χ2n) is 4.48. The number of hydrogen-bond donors (Lipinski definition) is 0. The van der Waals surface area contributed by atoms with Crippen molar-refractivity contribution in [1.82, 2.24) is 0 Å². The van der Waals surface area contributed by atoms with E-state index in [2.05, 4.69) is 0 Å². The monoisotopic (exact) mass is 287 g/mol. The summed E-state index contributed by atoms with van der Waals surface area (Å²) in [4.78, 5) is 13.3. The summed E-state index contributed by atoms with van der Waals surface area (Å²) in [6.07, 6.45) is 0.0420. The summed E-state index contributed by atoms with van der Waals surface area (Å²) < 4.78 is 38.9. The Labute approximate surface area is 111 Å². The molecule has 1 heterocycles. The van der Waals surface area contributed by atoms with Crippen molar-refractivity contribution in [2.24, 2.45) is 5.92 Å². The predicted molar refractivity (Wildman–Crippen MR) is 68.3 cm³/mol. The molecule has 1 aromatic rings. The van der Waals surface area contributed by atoms with Gasteiger partial charge >= 0.3 is 10.2 Å². The number of benzene rings is 1. The van der Waals surface area contributed by atoms with Crippen LogP contribution < -0.4 is 9.64 Å². The maximum absolute atomic E-state index is 12.6. The number of amides is 1. The Hall–Kier alpha value is -1.63. The predicted octanol–water partition coefficient (Wildman–Crippen LogP) is 1.35. The fourth-order valence-electron chi connectivity index (χ4n) is 2.20. The molecule has 0 aromatic heterocycles. The lowest BCUT2D eigenvalue weighted by Gasteiger charge is -2.17. The number of rotatable bonds is 4. The highest BCUT2D eigenvalue weighted by molar-refractivity contribution is 7.86. The molecule has 104 valence electrons. The standard InChI is InChI=1S/C12H14FNO4S/c1-18-11-4-2-3-10(6-11)14-7-9(5-12(14)15)8-19(13,16)17/h2-4,6,9H,5,7-8H2,1H3. The molecule has 1 amide bonds. The number of carbonyl (C=O) groups excluding carboxylic acids is 1. The fraction of sp³-hybridized carbons (Fsp3) is 0.417. The first-order valence-corrected chi connectivity index (χ1v) is 7.31. The van der Waals surface area contributed by atoms with Gasteiger partial charge in [0.25, 0.3) is 0 Å². The number of anilines is 1. The van der Waals surface area contributed by atoms with Crippen LogP contribution in [-0.2, 0) is 15.0 Å². The van der Waals surface area contributed by atoms with Gasteiger partial charge < -0.3 is 9.64 Å². The average Bonchev–Trinajstić information content (AvgIpc) is 2.68. The van der Waals surface area contributed by atoms with Crippen molar-refractivity contribution in [2.75, 3.05) is 24.3 Å². The molecule has 0 N–H and O–H groups in total. The highest BCUT2D eigenvalue weighted by atomic mass is 32.3. The summed E-state index contributed by atoms with van der Waals surface area (Å²) in [5.74, 6) is -0.721. The molecule has 1 aliphatic rings. The molecule has 1 saturated heterocycles. The molecule has 2 rings (SSSR count). The SMILES string of the molecule is COc1cccc(N2CC(CS(=O)(=O)F)CC2=O)c1. The van der Waals surface area contributed by atoms with Gasteiger partial charge in [-0.15, -0.1) is 3.89 Å². The van der Waals surface area contributed by atoms with Crippen LogP contribution in [0.2, 0.25) is 0 Å². The van der Waals surface area contributed by atoms with E-state index in [1.165, 1.54) is 12.0 Å². The smallest absolute Gasteiger partial charge is 0.302 e. The molecule has 1 atom stereocenters. The van der Waals surface area contributed by atoms with Crippen LogP contribution >= 0.6 is 0 Å². The number of halogens is 1. The first-order valence-electron chi connectivity index (χ1n) is 5.76. The van der Waals surface area contributed by atoms with E-state index < -0.39 is 21.9 Å². The molecule has 0 radical (unpaired) electrons. The van der Waals surface area contributed by atoms with Gasteiger partial charge in [-0.2, -0.15) is 8.42 Å². The number of hydrogen-bond acceptors (Lipinski definition) is 4. The molecule has 0 spiro atoms. The zero-order valence-corrected chi connectivity index (χ0v) is 11.2. The molecule has 5 nitrogen and oxygen atoms in total. The summed E-state index contributed by atoms with van der Waals surface area (Å²) in [5.41, 5.74) is 0.628. The third kappa shape index (κ3) is 3.44. The van der Waals surface area contributed by atoms with E-state index in [1.54, 1.807) is 24.3 Å². The highest BCUT2D eigenvalue weighted by Gasteiger charge is 2.33. The molecule has 1 fully saturated rings. The average molecular weight is 287 g/mol. The zero-order valence-electron chi connectivity index (χ0n) is 10.4. The maximum Gasteiger partial charge on any atom is 0.302 e. The molecule has 1 aliphatic heterocycles. The van der Waals surface area contributed by atoms with Crippen LogP contribution in [0.25, 0.3) is 0 Å². The normalized spacial score (nSPS) is 19.8. The van der Waals surface area contributed by atoms with Crippen molar-refractivity contribution >= 4 is 21.8 Å². The van der Waals surface area contributed by atoms with E-state index in [-0.39, 0.29) is 18.9 Å². The number of nitrogens with zero attached hydrogens (tertiary/aromatic N) is 1. The summed E-state index contributed by atoms with van der Waals surface area (Å²) in [6.45, 7) is 0.204. The minimum absolute atomic E-state index is 0.0420. The minimum atomic E-state index is -4.55. The molecule has 1 unspecified atom stereocenters. The van der Waals surface area contributed by atoms with Gasteiger partial charge in [0.1, 0.15) is 5.75 Å². The van der Waals surface area contributed by atoms with Crippen molar-refractivity contribution < 1.29 is 21.8 Å². The molecule has 7 heteroatoms. The van der Waals surface area contributed by atoms with Crippen LogP contribution in [0.3, 0.4) is 0 Å². The lowest BCUT2D eigenvalue weighted by molar-refractivity contribution is -0.117. The number of carbonyl (C=O) groups is 1. The second-order valence-corrected chi connectivity index (χ2v) is 5.89. The Kier molecular flexibility index (Phi) is 3.75. The van der Waals surface area contributed by atoms with Gasteiger partial charge in [0.2, 0.25) is 5.91 Å². The largest absolute Gasteiger partial charge is 0.497 e. The van der Waals surface area contributed by atoms with Gasteiger partial charge in [-0.1, -0.05) is 6.07 Å². The lowest BCUT2D eigenvalue weighted by atomic mass is 10.1. The van der Waals surface area contributed by atoms with E-state index in [0.717, 1.165) is 0 Å². The molecule has 0 saturated carbocycles. The van der Waals surface area contributed by atoms with E-state index >= 15 is 0 Å². The van der Waals surface area contributed by atoms with Crippen LogP contribution in [0.4, 0.5) is 9.57 Å². The molecule has 0 aliphatic carbocycles. The van der Waals surface area contributed by atoms with E-state index in [9.17, 15) is 17.1 Å². The van der Waals surface area contributed by atoms with Gasteiger partial charge in [0.15, 0.2) is 0 Å². The van der Waals surface area contributed by atoms with Crippen molar-refractivity contribution in [3.63, 3.8) is 0 Å². The Bertz CT molecular complexity index is 587. The van der Waals surface area contributed by atoms with Gasteiger partial charge in [-0.05, 0) is 12.1 Å².